The third kappa shape index (κ3) is 8.88. The minimum atomic E-state index is 0.607. The van der Waals surface area contributed by atoms with Gasteiger partial charge >= 0.3 is 0 Å². The number of nitrogens with zero attached hydrogens (tertiary/aromatic N) is 1. The lowest BCUT2D eigenvalue weighted by Crippen LogP contribution is -2.38. The van der Waals surface area contributed by atoms with Crippen LogP contribution in [0, 0.1) is 5.92 Å². The molecule has 0 aliphatic carbocycles. The topological polar surface area (TPSA) is 15.3 Å². The van der Waals surface area contributed by atoms with Crippen LogP contribution in [0.15, 0.2) is 0 Å². The largest absolute Gasteiger partial charge is 0.313 e. The molecule has 2 heteroatoms. The number of hydrogen-bond donors (Lipinski definition) is 1. The number of hydrogen-bond acceptors (Lipinski definition) is 2. The Balaban J connectivity index is 3.60. The van der Waals surface area contributed by atoms with Crippen LogP contribution < -0.4 is 5.32 Å². The summed E-state index contributed by atoms with van der Waals surface area (Å²) in [6.45, 7) is 9.16. The summed E-state index contributed by atoms with van der Waals surface area (Å²) >= 11 is 0. The van der Waals surface area contributed by atoms with Crippen LogP contribution >= 0.6 is 0 Å². The molecule has 2 nitrogen and oxygen atoms in total. The van der Waals surface area contributed by atoms with E-state index in [9.17, 15) is 0 Å². The second kappa shape index (κ2) is 9.17. The van der Waals surface area contributed by atoms with Crippen molar-refractivity contribution < 1.29 is 0 Å². The van der Waals surface area contributed by atoms with E-state index in [-0.39, 0.29) is 0 Å². The number of unbranched alkanes of at least 4 members (excludes halogenated alkanes) is 1. The van der Waals surface area contributed by atoms with Crippen LogP contribution in [0.4, 0.5) is 0 Å². The number of nitrogens with one attached hydrogen (secondary N) is 1. The number of likely N-dealkylation sites (N-methyl/N-ethyl adjacent to an activating group) is 1. The molecular formula is C13H30N2. The molecule has 0 radical (unpaired) electrons. The first-order valence-electron chi connectivity index (χ1n) is 6.48. The molecule has 0 aliphatic rings. The van der Waals surface area contributed by atoms with Crippen molar-refractivity contribution in [3.63, 3.8) is 0 Å². The summed E-state index contributed by atoms with van der Waals surface area (Å²) in [6, 6.07) is 0.607. The first-order valence-corrected chi connectivity index (χ1v) is 6.48. The summed E-state index contributed by atoms with van der Waals surface area (Å²) in [6.07, 6.45) is 5.39. The van der Waals surface area contributed by atoms with Gasteiger partial charge in [0, 0.05) is 12.6 Å². The Morgan fingerprint density at radius 3 is 2.33 bits per heavy atom. The molecule has 1 N–H and O–H groups in total. The first-order chi connectivity index (χ1) is 7.10. The third-order valence-corrected chi connectivity index (χ3v) is 2.94. The van der Waals surface area contributed by atoms with Crippen LogP contribution in [-0.4, -0.2) is 38.1 Å². The Morgan fingerprint density at radius 2 is 1.87 bits per heavy atom. The second-order valence-corrected chi connectivity index (χ2v) is 4.99. The normalized spacial score (nSPS) is 15.6. The maximum atomic E-state index is 3.63. The van der Waals surface area contributed by atoms with Crippen molar-refractivity contribution in [2.45, 2.75) is 52.5 Å². The zero-order chi connectivity index (χ0) is 11.7. The highest BCUT2D eigenvalue weighted by molar-refractivity contribution is 4.67. The van der Waals surface area contributed by atoms with Crippen LogP contribution in [0.3, 0.4) is 0 Å². The van der Waals surface area contributed by atoms with Crippen LogP contribution in [0.25, 0.3) is 0 Å². The fourth-order valence-corrected chi connectivity index (χ4v) is 1.92. The van der Waals surface area contributed by atoms with E-state index in [1.807, 2.05) is 0 Å². The maximum Gasteiger partial charge on any atom is 0.0166 e. The maximum absolute atomic E-state index is 3.63. The Hall–Kier alpha value is -0.0800. The van der Waals surface area contributed by atoms with E-state index in [4.69, 9.17) is 0 Å². The molecule has 0 aliphatic heterocycles. The predicted molar refractivity (Wildman–Crippen MR) is 69.3 cm³/mol. The molecule has 0 bridgehead atoms. The predicted octanol–water partition coefficient (Wildman–Crippen LogP) is 2.74. The van der Waals surface area contributed by atoms with E-state index in [0.29, 0.717) is 6.04 Å². The Bertz CT molecular complexity index is 134. The van der Waals surface area contributed by atoms with Gasteiger partial charge in [-0.05, 0) is 39.9 Å². The molecule has 0 rings (SSSR count). The van der Waals surface area contributed by atoms with E-state index in [1.54, 1.807) is 0 Å². The van der Waals surface area contributed by atoms with Crippen LogP contribution in [0.5, 0.6) is 0 Å². The van der Waals surface area contributed by atoms with Gasteiger partial charge in [0.15, 0.2) is 0 Å². The standard InChI is InChI=1S/C13H30N2/c1-6-8-9-13(7-2)10-14-12(3)11-15(4)5/h12-14H,6-11H2,1-5H3. The van der Waals surface area contributed by atoms with Gasteiger partial charge in [0.05, 0.1) is 0 Å². The molecule has 0 aromatic rings. The molecule has 0 aromatic heterocycles. The lowest BCUT2D eigenvalue weighted by molar-refractivity contribution is 0.326. The molecule has 0 fully saturated rings. The lowest BCUT2D eigenvalue weighted by atomic mass is 9.99. The molecule has 92 valence electrons. The summed E-state index contributed by atoms with van der Waals surface area (Å²) in [5.41, 5.74) is 0. The van der Waals surface area contributed by atoms with Crippen molar-refractivity contribution in [3.8, 4) is 0 Å². The van der Waals surface area contributed by atoms with Gasteiger partial charge < -0.3 is 10.2 Å². The molecule has 0 saturated carbocycles. The average molecular weight is 214 g/mol. The Morgan fingerprint density at radius 1 is 1.20 bits per heavy atom. The van der Waals surface area contributed by atoms with Crippen molar-refractivity contribution in [1.29, 1.82) is 0 Å². The monoisotopic (exact) mass is 214 g/mol. The molecule has 0 aromatic carbocycles. The van der Waals surface area contributed by atoms with Gasteiger partial charge in [-0.25, -0.2) is 0 Å². The van der Waals surface area contributed by atoms with Gasteiger partial charge in [0.25, 0.3) is 0 Å². The highest BCUT2D eigenvalue weighted by atomic mass is 15.1. The molecule has 2 unspecified atom stereocenters. The summed E-state index contributed by atoms with van der Waals surface area (Å²) < 4.78 is 0. The fourth-order valence-electron chi connectivity index (χ4n) is 1.92. The molecule has 0 saturated heterocycles. The molecule has 0 amide bonds. The van der Waals surface area contributed by atoms with Gasteiger partial charge in [0.2, 0.25) is 0 Å². The Labute approximate surface area is 96.4 Å². The van der Waals surface area contributed by atoms with Gasteiger partial charge in [-0.1, -0.05) is 33.1 Å². The average Bonchev–Trinajstić information content (AvgIpc) is 2.17. The van der Waals surface area contributed by atoms with E-state index in [2.05, 4.69) is 45.1 Å². The van der Waals surface area contributed by atoms with Crippen molar-refractivity contribution >= 4 is 0 Å². The van der Waals surface area contributed by atoms with E-state index >= 15 is 0 Å². The smallest absolute Gasteiger partial charge is 0.0166 e. The van der Waals surface area contributed by atoms with Crippen LogP contribution in [0.1, 0.15) is 46.5 Å². The highest BCUT2D eigenvalue weighted by Crippen LogP contribution is 2.11. The van der Waals surface area contributed by atoms with Gasteiger partial charge in [-0.3, -0.25) is 0 Å². The van der Waals surface area contributed by atoms with Crippen molar-refractivity contribution in [1.82, 2.24) is 10.2 Å². The van der Waals surface area contributed by atoms with Crippen LogP contribution in [0.2, 0.25) is 0 Å². The van der Waals surface area contributed by atoms with E-state index < -0.39 is 0 Å². The molecule has 0 heterocycles. The minimum absolute atomic E-state index is 0.607. The minimum Gasteiger partial charge on any atom is -0.313 e. The zero-order valence-corrected chi connectivity index (χ0v) is 11.3. The second-order valence-electron chi connectivity index (χ2n) is 4.99. The Kier molecular flexibility index (Phi) is 9.12. The summed E-state index contributed by atoms with van der Waals surface area (Å²) in [4.78, 5) is 2.24. The molecule has 2 atom stereocenters. The summed E-state index contributed by atoms with van der Waals surface area (Å²) in [5, 5.41) is 3.63. The van der Waals surface area contributed by atoms with Crippen LogP contribution in [-0.2, 0) is 0 Å². The van der Waals surface area contributed by atoms with Gasteiger partial charge in [0.1, 0.15) is 0 Å². The van der Waals surface area contributed by atoms with Crippen molar-refractivity contribution in [3.05, 3.63) is 0 Å². The summed E-state index contributed by atoms with van der Waals surface area (Å²) in [7, 11) is 4.26. The quantitative estimate of drug-likeness (QED) is 0.635. The third-order valence-electron chi connectivity index (χ3n) is 2.94. The number of rotatable bonds is 9. The zero-order valence-electron chi connectivity index (χ0n) is 11.3. The molecular weight excluding hydrogens is 184 g/mol. The fraction of sp³-hybridized carbons (Fsp3) is 1.00. The molecule has 0 spiro atoms. The SMILES string of the molecule is CCCCC(CC)CNC(C)CN(C)C. The molecule has 15 heavy (non-hydrogen) atoms. The lowest BCUT2D eigenvalue weighted by Gasteiger charge is -2.22. The van der Waals surface area contributed by atoms with Gasteiger partial charge in [-0.15, -0.1) is 0 Å². The first kappa shape index (κ1) is 14.9. The van der Waals surface area contributed by atoms with E-state index in [1.165, 1.54) is 32.2 Å². The summed E-state index contributed by atoms with van der Waals surface area (Å²) in [5.74, 6) is 0.870. The van der Waals surface area contributed by atoms with Gasteiger partial charge in [-0.2, -0.15) is 0 Å². The van der Waals surface area contributed by atoms with E-state index in [0.717, 1.165) is 12.5 Å². The van der Waals surface area contributed by atoms with Crippen molar-refractivity contribution in [2.24, 2.45) is 5.92 Å². The highest BCUT2D eigenvalue weighted by Gasteiger charge is 2.08. The van der Waals surface area contributed by atoms with Crippen molar-refractivity contribution in [2.75, 3.05) is 27.2 Å².